The molecule has 0 aliphatic rings. The van der Waals surface area contributed by atoms with Crippen LogP contribution in [-0.2, 0) is 4.74 Å². The first-order valence-electron chi connectivity index (χ1n) is 6.87. The van der Waals surface area contributed by atoms with Crippen molar-refractivity contribution in [3.05, 3.63) is 52.2 Å². The number of esters is 1. The van der Waals surface area contributed by atoms with E-state index in [1.165, 1.54) is 18.4 Å². The summed E-state index contributed by atoms with van der Waals surface area (Å²) in [7, 11) is 1.46. The Bertz CT molecular complexity index is 927. The summed E-state index contributed by atoms with van der Waals surface area (Å²) in [6, 6.07) is 10.8. The van der Waals surface area contributed by atoms with Gasteiger partial charge in [0.1, 0.15) is 11.3 Å². The number of fused-ring (bicyclic) bond motifs is 2. The lowest BCUT2D eigenvalue weighted by molar-refractivity contribution is 0.0523. The van der Waals surface area contributed by atoms with E-state index in [1.54, 1.807) is 25.1 Å². The summed E-state index contributed by atoms with van der Waals surface area (Å²) in [6.45, 7) is 2.00. The van der Waals surface area contributed by atoms with Crippen molar-refractivity contribution < 1.29 is 14.3 Å². The zero-order chi connectivity index (χ0) is 15.7. The second kappa shape index (κ2) is 5.77. The molecule has 0 aliphatic heterocycles. The molecule has 1 aromatic heterocycles. The molecule has 3 aromatic rings. The Hall–Kier alpha value is -2.40. The van der Waals surface area contributed by atoms with E-state index in [0.29, 0.717) is 10.8 Å². The van der Waals surface area contributed by atoms with E-state index < -0.39 is 5.97 Å². The van der Waals surface area contributed by atoms with Crippen LogP contribution >= 0.6 is 11.3 Å². The Morgan fingerprint density at radius 2 is 1.91 bits per heavy atom. The molecule has 0 aliphatic carbocycles. The fraction of sp³-hybridized carbons (Fsp3) is 0.176. The summed E-state index contributed by atoms with van der Waals surface area (Å²) in [4.78, 5) is 24.8. The number of carbonyl (C=O) groups excluding carboxylic acids is 1. The third-order valence-electron chi connectivity index (χ3n) is 3.40. The van der Waals surface area contributed by atoms with Crippen molar-refractivity contribution in [2.24, 2.45) is 0 Å². The average molecular weight is 314 g/mol. The molecule has 4 nitrogen and oxygen atoms in total. The Kier molecular flexibility index (Phi) is 3.81. The summed E-state index contributed by atoms with van der Waals surface area (Å²) in [5.41, 5.74) is 0.142. The molecule has 0 atom stereocenters. The van der Waals surface area contributed by atoms with Crippen molar-refractivity contribution in [3.63, 3.8) is 0 Å². The zero-order valence-electron chi connectivity index (χ0n) is 12.2. The van der Waals surface area contributed by atoms with E-state index in [1.807, 2.05) is 18.2 Å². The van der Waals surface area contributed by atoms with Crippen LogP contribution in [-0.4, -0.2) is 19.7 Å². The van der Waals surface area contributed by atoms with Crippen LogP contribution in [0.1, 0.15) is 17.3 Å². The minimum atomic E-state index is -0.487. The second-order valence-electron chi connectivity index (χ2n) is 4.67. The minimum Gasteiger partial charge on any atom is -0.495 e. The number of hydrogen-bond acceptors (Lipinski definition) is 5. The van der Waals surface area contributed by atoms with Gasteiger partial charge in [0.15, 0.2) is 5.43 Å². The summed E-state index contributed by atoms with van der Waals surface area (Å²) in [5.74, 6) is -0.207. The summed E-state index contributed by atoms with van der Waals surface area (Å²) in [5, 5.41) is 1.05. The number of methoxy groups -OCH3 is 1. The topological polar surface area (TPSA) is 52.6 Å². The molecule has 0 unspecified atom stereocenters. The van der Waals surface area contributed by atoms with Crippen LogP contribution in [0.4, 0.5) is 0 Å². The van der Waals surface area contributed by atoms with E-state index in [4.69, 9.17) is 9.47 Å². The molecule has 0 saturated carbocycles. The van der Waals surface area contributed by atoms with Crippen molar-refractivity contribution in [2.45, 2.75) is 6.92 Å². The highest BCUT2D eigenvalue weighted by Crippen LogP contribution is 2.33. The molecule has 1 heterocycles. The van der Waals surface area contributed by atoms with Crippen molar-refractivity contribution in [1.29, 1.82) is 0 Å². The van der Waals surface area contributed by atoms with Gasteiger partial charge in [-0.25, -0.2) is 4.79 Å². The van der Waals surface area contributed by atoms with Gasteiger partial charge < -0.3 is 9.47 Å². The van der Waals surface area contributed by atoms with Gasteiger partial charge in [-0.3, -0.25) is 4.79 Å². The van der Waals surface area contributed by atoms with Gasteiger partial charge in [0.05, 0.1) is 19.1 Å². The number of benzene rings is 2. The monoisotopic (exact) mass is 314 g/mol. The predicted molar refractivity (Wildman–Crippen MR) is 88.1 cm³/mol. The van der Waals surface area contributed by atoms with Crippen LogP contribution in [0.15, 0.2) is 41.2 Å². The zero-order valence-corrected chi connectivity index (χ0v) is 13.0. The van der Waals surface area contributed by atoms with Crippen molar-refractivity contribution in [1.82, 2.24) is 0 Å². The first kappa shape index (κ1) is 14.5. The summed E-state index contributed by atoms with van der Waals surface area (Å²) in [6.07, 6.45) is 0. The molecule has 0 N–H and O–H groups in total. The first-order valence-corrected chi connectivity index (χ1v) is 7.68. The number of carbonyl (C=O) groups is 1. The maximum Gasteiger partial charge on any atom is 0.341 e. The van der Waals surface area contributed by atoms with E-state index in [-0.39, 0.29) is 23.3 Å². The normalized spacial score (nSPS) is 10.8. The van der Waals surface area contributed by atoms with E-state index >= 15 is 0 Å². The SMILES string of the molecule is CCOC(=O)c1ccc2sc3ccccc3c(=O)c2c1OC. The Morgan fingerprint density at radius 3 is 2.64 bits per heavy atom. The molecule has 0 spiro atoms. The number of ether oxygens (including phenoxy) is 2. The molecule has 0 fully saturated rings. The van der Waals surface area contributed by atoms with E-state index in [2.05, 4.69) is 0 Å². The first-order chi connectivity index (χ1) is 10.7. The molecule has 0 bridgehead atoms. The van der Waals surface area contributed by atoms with Crippen LogP contribution in [0.2, 0.25) is 0 Å². The van der Waals surface area contributed by atoms with Gasteiger partial charge >= 0.3 is 5.97 Å². The average Bonchev–Trinajstić information content (AvgIpc) is 2.54. The molecular weight excluding hydrogens is 300 g/mol. The third-order valence-corrected chi connectivity index (χ3v) is 4.53. The van der Waals surface area contributed by atoms with Gasteiger partial charge in [-0.2, -0.15) is 0 Å². The lowest BCUT2D eigenvalue weighted by Gasteiger charge is -2.11. The molecule has 3 rings (SSSR count). The van der Waals surface area contributed by atoms with E-state index in [9.17, 15) is 9.59 Å². The van der Waals surface area contributed by atoms with Gasteiger partial charge in [0, 0.05) is 14.8 Å². The van der Waals surface area contributed by atoms with E-state index in [0.717, 1.165) is 9.40 Å². The molecule has 0 amide bonds. The van der Waals surface area contributed by atoms with Gasteiger partial charge in [-0.15, -0.1) is 11.3 Å². The highest BCUT2D eigenvalue weighted by molar-refractivity contribution is 7.24. The smallest absolute Gasteiger partial charge is 0.341 e. The largest absolute Gasteiger partial charge is 0.495 e. The van der Waals surface area contributed by atoms with Crippen molar-refractivity contribution >= 4 is 37.5 Å². The molecule has 22 heavy (non-hydrogen) atoms. The number of hydrogen-bond donors (Lipinski definition) is 0. The highest BCUT2D eigenvalue weighted by atomic mass is 32.1. The van der Waals surface area contributed by atoms with Gasteiger partial charge in [0.2, 0.25) is 0 Å². The Morgan fingerprint density at radius 1 is 1.14 bits per heavy atom. The Balaban J connectivity index is 2.40. The van der Waals surface area contributed by atoms with Gasteiger partial charge in [-0.1, -0.05) is 12.1 Å². The molecule has 0 radical (unpaired) electrons. The standard InChI is InChI=1S/C17H14O4S/c1-3-21-17(19)11-8-9-13-14(16(11)20-2)15(18)10-6-4-5-7-12(10)22-13/h4-9H,3H2,1-2H3. The summed E-state index contributed by atoms with van der Waals surface area (Å²) < 4.78 is 12.1. The van der Waals surface area contributed by atoms with Crippen LogP contribution in [0, 0.1) is 0 Å². The minimum absolute atomic E-state index is 0.132. The van der Waals surface area contributed by atoms with Crippen LogP contribution < -0.4 is 10.2 Å². The highest BCUT2D eigenvalue weighted by Gasteiger charge is 2.19. The third kappa shape index (κ3) is 2.23. The van der Waals surface area contributed by atoms with Crippen molar-refractivity contribution in [2.75, 3.05) is 13.7 Å². The molecule has 112 valence electrons. The van der Waals surface area contributed by atoms with Gasteiger partial charge in [0.25, 0.3) is 0 Å². The molecule has 5 heteroatoms. The summed E-state index contributed by atoms with van der Waals surface area (Å²) >= 11 is 1.50. The lowest BCUT2D eigenvalue weighted by Crippen LogP contribution is -2.10. The second-order valence-corrected chi connectivity index (χ2v) is 5.75. The molecular formula is C17H14O4S. The lowest BCUT2D eigenvalue weighted by atomic mass is 10.1. The van der Waals surface area contributed by atoms with Crippen LogP contribution in [0.25, 0.3) is 20.2 Å². The van der Waals surface area contributed by atoms with Crippen LogP contribution in [0.3, 0.4) is 0 Å². The van der Waals surface area contributed by atoms with Crippen molar-refractivity contribution in [3.8, 4) is 5.75 Å². The molecule has 0 saturated heterocycles. The maximum absolute atomic E-state index is 12.8. The van der Waals surface area contributed by atoms with Crippen LogP contribution in [0.5, 0.6) is 5.75 Å². The quantitative estimate of drug-likeness (QED) is 0.547. The maximum atomic E-state index is 12.8. The fourth-order valence-electron chi connectivity index (χ4n) is 2.44. The predicted octanol–water partition coefficient (Wildman–Crippen LogP) is 3.60. The fourth-order valence-corrected chi connectivity index (χ4v) is 3.52. The Labute approximate surface area is 130 Å². The van der Waals surface area contributed by atoms with Gasteiger partial charge in [-0.05, 0) is 31.2 Å². The number of rotatable bonds is 3. The molecule has 2 aromatic carbocycles.